The van der Waals surface area contributed by atoms with E-state index in [1.165, 1.54) is 51.4 Å². The van der Waals surface area contributed by atoms with Gasteiger partial charge in [-0.3, -0.25) is 0 Å². The molecule has 0 aliphatic heterocycles. The van der Waals surface area contributed by atoms with E-state index in [2.05, 4.69) is 13.8 Å². The molecule has 0 bridgehead atoms. The maximum atomic E-state index is 6.91. The molecule has 1 aromatic carbocycles. The smallest absolute Gasteiger partial charge is 0.347 e. The predicted octanol–water partition coefficient (Wildman–Crippen LogP) is 6.91. The molecule has 21 heavy (non-hydrogen) atoms. The molecule has 0 radical (unpaired) electrons. The standard InChI is InChI=1S/C18H31ClOSi/c1-3-5-7-8-9-13-17-21(19,16-6-4-2)20-18-14-11-10-12-15-18/h10-12,14-15H,3-9,13,16-17H2,1-2H3. The first kappa shape index (κ1) is 18.6. The summed E-state index contributed by atoms with van der Waals surface area (Å²) in [6.45, 7) is 4.48. The van der Waals surface area contributed by atoms with Crippen molar-refractivity contribution < 1.29 is 4.43 Å². The van der Waals surface area contributed by atoms with Crippen LogP contribution in [-0.2, 0) is 0 Å². The molecule has 0 fully saturated rings. The number of benzene rings is 1. The highest BCUT2D eigenvalue weighted by Gasteiger charge is 2.33. The van der Waals surface area contributed by atoms with Gasteiger partial charge in [0, 0.05) is 0 Å². The molecule has 0 saturated carbocycles. The number of hydrogen-bond donors (Lipinski definition) is 0. The van der Waals surface area contributed by atoms with Crippen LogP contribution in [0.5, 0.6) is 5.75 Å². The zero-order chi connectivity index (χ0) is 15.4. The zero-order valence-electron chi connectivity index (χ0n) is 13.7. The molecule has 120 valence electrons. The van der Waals surface area contributed by atoms with Gasteiger partial charge in [-0.1, -0.05) is 83.4 Å². The van der Waals surface area contributed by atoms with Crippen LogP contribution in [0.1, 0.15) is 65.2 Å². The second kappa shape index (κ2) is 11.1. The van der Waals surface area contributed by atoms with E-state index in [1.807, 2.05) is 30.3 Å². The first-order valence-corrected chi connectivity index (χ1v) is 12.0. The Hall–Kier alpha value is -0.473. The molecule has 0 amide bonds. The van der Waals surface area contributed by atoms with Gasteiger partial charge in [-0.05, 0) is 24.2 Å². The summed E-state index contributed by atoms with van der Waals surface area (Å²) >= 11 is 6.91. The molecule has 0 aliphatic carbocycles. The van der Waals surface area contributed by atoms with Crippen LogP contribution in [0.25, 0.3) is 0 Å². The van der Waals surface area contributed by atoms with E-state index in [4.69, 9.17) is 15.5 Å². The average molecular weight is 327 g/mol. The van der Waals surface area contributed by atoms with Crippen LogP contribution in [0.2, 0.25) is 12.1 Å². The summed E-state index contributed by atoms with van der Waals surface area (Å²) in [5, 5.41) is 0. The minimum atomic E-state index is -2.11. The molecular formula is C18H31ClOSi. The minimum Gasteiger partial charge on any atom is -0.529 e. The molecule has 1 atom stereocenters. The Balaban J connectivity index is 2.41. The largest absolute Gasteiger partial charge is 0.529 e. The van der Waals surface area contributed by atoms with Crippen molar-refractivity contribution in [2.24, 2.45) is 0 Å². The van der Waals surface area contributed by atoms with E-state index in [9.17, 15) is 0 Å². The number of hydrogen-bond acceptors (Lipinski definition) is 1. The molecular weight excluding hydrogens is 296 g/mol. The molecule has 3 heteroatoms. The van der Waals surface area contributed by atoms with Gasteiger partial charge in [0.2, 0.25) is 0 Å². The Morgan fingerprint density at radius 2 is 1.38 bits per heavy atom. The van der Waals surface area contributed by atoms with E-state index < -0.39 is 7.63 Å². The Bertz CT molecular complexity index is 357. The lowest BCUT2D eigenvalue weighted by Gasteiger charge is -2.25. The van der Waals surface area contributed by atoms with Crippen LogP contribution in [0.3, 0.4) is 0 Å². The summed E-state index contributed by atoms with van der Waals surface area (Å²) in [4.78, 5) is 0. The van der Waals surface area contributed by atoms with Gasteiger partial charge in [-0.15, -0.1) is 11.1 Å². The molecule has 1 nitrogen and oxygen atoms in total. The Labute approximate surface area is 136 Å². The van der Waals surface area contributed by atoms with Crippen LogP contribution in [0.15, 0.2) is 30.3 Å². The second-order valence-electron chi connectivity index (χ2n) is 5.92. The van der Waals surface area contributed by atoms with Crippen LogP contribution in [-0.4, -0.2) is 7.63 Å². The fraction of sp³-hybridized carbons (Fsp3) is 0.667. The summed E-state index contributed by atoms with van der Waals surface area (Å²) in [5.74, 6) is 0.946. The van der Waals surface area contributed by atoms with Crippen molar-refractivity contribution in [3.8, 4) is 5.75 Å². The number of halogens is 1. The Kier molecular flexibility index (Phi) is 9.86. The van der Waals surface area contributed by atoms with Crippen LogP contribution >= 0.6 is 11.1 Å². The van der Waals surface area contributed by atoms with Gasteiger partial charge in [0.1, 0.15) is 5.75 Å². The van der Waals surface area contributed by atoms with Crippen molar-refractivity contribution in [1.29, 1.82) is 0 Å². The third-order valence-electron chi connectivity index (χ3n) is 3.85. The highest BCUT2D eigenvalue weighted by molar-refractivity contribution is 7.17. The number of unbranched alkanes of at least 4 members (excludes halogenated alkanes) is 6. The number of para-hydroxylation sites is 1. The SMILES string of the molecule is CCCCCCCC[Si](Cl)(CCCC)Oc1ccccc1. The topological polar surface area (TPSA) is 9.23 Å². The maximum Gasteiger partial charge on any atom is 0.347 e. The molecule has 0 aliphatic rings. The lowest BCUT2D eigenvalue weighted by Crippen LogP contribution is -2.35. The van der Waals surface area contributed by atoms with Crippen molar-refractivity contribution in [1.82, 2.24) is 0 Å². The molecule has 1 unspecified atom stereocenters. The second-order valence-corrected chi connectivity index (χ2v) is 11.0. The summed E-state index contributed by atoms with van der Waals surface area (Å²) in [6.07, 6.45) is 10.3. The van der Waals surface area contributed by atoms with Crippen molar-refractivity contribution in [2.45, 2.75) is 77.3 Å². The Morgan fingerprint density at radius 1 is 0.810 bits per heavy atom. The van der Waals surface area contributed by atoms with E-state index in [0.29, 0.717) is 0 Å². The van der Waals surface area contributed by atoms with E-state index >= 15 is 0 Å². The quantitative estimate of drug-likeness (QED) is 0.230. The summed E-state index contributed by atoms with van der Waals surface area (Å²) in [6, 6.07) is 12.3. The van der Waals surface area contributed by atoms with E-state index in [0.717, 1.165) is 17.8 Å². The van der Waals surface area contributed by atoms with Gasteiger partial charge in [0.15, 0.2) is 0 Å². The minimum absolute atomic E-state index is 0.946. The van der Waals surface area contributed by atoms with Crippen molar-refractivity contribution in [3.63, 3.8) is 0 Å². The van der Waals surface area contributed by atoms with Gasteiger partial charge < -0.3 is 4.43 Å². The van der Waals surface area contributed by atoms with Gasteiger partial charge in [0.05, 0.1) is 0 Å². The molecule has 0 aromatic heterocycles. The lowest BCUT2D eigenvalue weighted by atomic mass is 10.1. The first-order valence-electron chi connectivity index (χ1n) is 8.63. The predicted molar refractivity (Wildman–Crippen MR) is 96.6 cm³/mol. The van der Waals surface area contributed by atoms with Crippen molar-refractivity contribution in [2.75, 3.05) is 0 Å². The van der Waals surface area contributed by atoms with E-state index in [-0.39, 0.29) is 0 Å². The third kappa shape index (κ3) is 8.52. The highest BCUT2D eigenvalue weighted by Crippen LogP contribution is 2.29. The summed E-state index contributed by atoms with van der Waals surface area (Å²) in [7, 11) is -2.11. The van der Waals surface area contributed by atoms with Crippen LogP contribution < -0.4 is 4.43 Å². The monoisotopic (exact) mass is 326 g/mol. The molecule has 1 rings (SSSR count). The first-order chi connectivity index (χ1) is 10.2. The van der Waals surface area contributed by atoms with Gasteiger partial charge in [-0.25, -0.2) is 0 Å². The highest BCUT2D eigenvalue weighted by atomic mass is 35.6. The van der Waals surface area contributed by atoms with Crippen LogP contribution in [0, 0.1) is 0 Å². The Morgan fingerprint density at radius 3 is 2.05 bits per heavy atom. The molecule has 1 aromatic rings. The van der Waals surface area contributed by atoms with E-state index in [1.54, 1.807) is 0 Å². The maximum absolute atomic E-state index is 6.91. The normalized spacial score (nSPS) is 13.9. The van der Waals surface area contributed by atoms with Crippen molar-refractivity contribution >= 4 is 18.7 Å². The molecule has 0 heterocycles. The fourth-order valence-corrected chi connectivity index (χ4v) is 6.28. The number of rotatable bonds is 12. The lowest BCUT2D eigenvalue weighted by molar-refractivity contribution is 0.536. The molecule has 0 spiro atoms. The van der Waals surface area contributed by atoms with Gasteiger partial charge in [0.25, 0.3) is 0 Å². The molecule has 0 saturated heterocycles. The average Bonchev–Trinajstić information content (AvgIpc) is 2.50. The summed E-state index contributed by atoms with van der Waals surface area (Å²) in [5.41, 5.74) is 0. The van der Waals surface area contributed by atoms with Gasteiger partial charge in [-0.2, -0.15) is 0 Å². The van der Waals surface area contributed by atoms with Gasteiger partial charge >= 0.3 is 7.63 Å². The third-order valence-corrected chi connectivity index (χ3v) is 8.02. The van der Waals surface area contributed by atoms with Crippen LogP contribution in [0.4, 0.5) is 0 Å². The fourth-order valence-electron chi connectivity index (χ4n) is 2.54. The van der Waals surface area contributed by atoms with Crippen molar-refractivity contribution in [3.05, 3.63) is 30.3 Å². The zero-order valence-corrected chi connectivity index (χ0v) is 15.5. The summed E-state index contributed by atoms with van der Waals surface area (Å²) < 4.78 is 6.24. The molecule has 0 N–H and O–H groups in total.